The Morgan fingerprint density at radius 2 is 2.04 bits per heavy atom. The van der Waals surface area contributed by atoms with E-state index in [1.807, 2.05) is 7.05 Å². The van der Waals surface area contributed by atoms with Crippen molar-refractivity contribution in [3.8, 4) is 0 Å². The quantitative estimate of drug-likeness (QED) is 0.273. The fourth-order valence-electron chi connectivity index (χ4n) is 3.14. The number of unbranched alkanes of at least 4 members (excludes halogenated alkanes) is 2. The topological polar surface area (TPSA) is 30.9 Å². The van der Waals surface area contributed by atoms with Gasteiger partial charge in [0.1, 0.15) is 0 Å². The molecule has 0 aliphatic carbocycles. The molecule has 1 N–H and O–H groups in total. The first-order chi connectivity index (χ1) is 11.3. The van der Waals surface area contributed by atoms with Crippen molar-refractivity contribution in [2.45, 2.75) is 45.1 Å². The minimum atomic E-state index is 0. The van der Waals surface area contributed by atoms with E-state index in [4.69, 9.17) is 0 Å². The highest BCUT2D eigenvalue weighted by atomic mass is 127. The Balaban J connectivity index is 0.00000288. The fourth-order valence-corrected chi connectivity index (χ4v) is 3.80. The van der Waals surface area contributed by atoms with Crippen molar-refractivity contribution in [1.29, 1.82) is 0 Å². The van der Waals surface area contributed by atoms with Gasteiger partial charge in [-0.25, -0.2) is 0 Å². The third-order valence-corrected chi connectivity index (χ3v) is 5.19. The molecule has 1 aliphatic heterocycles. The zero-order chi connectivity index (χ0) is 16.3. The van der Waals surface area contributed by atoms with E-state index >= 15 is 0 Å². The molecule has 6 heteroatoms. The summed E-state index contributed by atoms with van der Waals surface area (Å²) in [6, 6.07) is 2.18. The minimum Gasteiger partial charge on any atom is -0.356 e. The van der Waals surface area contributed by atoms with E-state index < -0.39 is 0 Å². The first-order valence-electron chi connectivity index (χ1n) is 8.95. The third-order valence-electron chi connectivity index (χ3n) is 4.46. The van der Waals surface area contributed by atoms with E-state index in [1.165, 1.54) is 63.7 Å². The number of nitrogens with one attached hydrogen (secondary N) is 1. The van der Waals surface area contributed by atoms with Crippen LogP contribution >= 0.6 is 35.3 Å². The molecule has 1 aromatic rings. The van der Waals surface area contributed by atoms with Gasteiger partial charge in [-0.15, -0.1) is 24.0 Å². The van der Waals surface area contributed by atoms with E-state index in [1.54, 1.807) is 11.3 Å². The number of likely N-dealkylation sites (tertiary alicyclic amines) is 1. The Bertz CT molecular complexity index is 444. The van der Waals surface area contributed by atoms with Crippen LogP contribution in [0.5, 0.6) is 0 Å². The summed E-state index contributed by atoms with van der Waals surface area (Å²) in [5.74, 6) is 0.993. The third kappa shape index (κ3) is 8.16. The number of guanidine groups is 1. The van der Waals surface area contributed by atoms with Gasteiger partial charge in [0, 0.05) is 27.2 Å². The number of piperidine rings is 1. The number of nitrogens with zero attached hydrogens (tertiary/aromatic N) is 3. The SMILES string of the molecule is CN=C(NCCCCCN1CCCCC1)N(C)Cc1ccsc1.I. The lowest BCUT2D eigenvalue weighted by atomic mass is 10.1. The van der Waals surface area contributed by atoms with Gasteiger partial charge in [-0.2, -0.15) is 11.3 Å². The summed E-state index contributed by atoms with van der Waals surface area (Å²) in [4.78, 5) is 9.21. The van der Waals surface area contributed by atoms with Crippen LogP contribution in [-0.2, 0) is 6.54 Å². The highest BCUT2D eigenvalue weighted by molar-refractivity contribution is 14.0. The molecule has 2 heterocycles. The Morgan fingerprint density at radius 1 is 1.25 bits per heavy atom. The monoisotopic (exact) mass is 464 g/mol. The van der Waals surface area contributed by atoms with Crippen LogP contribution in [0.4, 0.5) is 0 Å². The van der Waals surface area contributed by atoms with E-state index in [2.05, 4.69) is 44.0 Å². The molecule has 0 aromatic carbocycles. The van der Waals surface area contributed by atoms with Crippen LogP contribution < -0.4 is 5.32 Å². The van der Waals surface area contributed by atoms with Gasteiger partial charge in [0.25, 0.3) is 0 Å². The molecule has 24 heavy (non-hydrogen) atoms. The zero-order valence-corrected chi connectivity index (χ0v) is 18.3. The Labute approximate surface area is 168 Å². The Hall–Kier alpha value is -0.340. The van der Waals surface area contributed by atoms with Gasteiger partial charge in [-0.05, 0) is 67.7 Å². The van der Waals surface area contributed by atoms with E-state index in [-0.39, 0.29) is 24.0 Å². The number of hydrogen-bond donors (Lipinski definition) is 1. The van der Waals surface area contributed by atoms with Crippen molar-refractivity contribution < 1.29 is 0 Å². The number of rotatable bonds is 8. The Morgan fingerprint density at radius 3 is 2.71 bits per heavy atom. The standard InChI is InChI=1S/C18H32N4S.HI/c1-19-18(21(2)15-17-9-14-23-16-17)20-10-5-3-6-11-22-12-7-4-8-13-22;/h9,14,16H,3-8,10-13,15H2,1-2H3,(H,19,20);1H. The van der Waals surface area contributed by atoms with E-state index in [9.17, 15) is 0 Å². The second-order valence-corrected chi connectivity index (χ2v) is 7.20. The molecule has 0 saturated carbocycles. The maximum atomic E-state index is 4.39. The second kappa shape index (κ2) is 12.9. The smallest absolute Gasteiger partial charge is 0.193 e. The van der Waals surface area contributed by atoms with E-state index in [0.717, 1.165) is 19.0 Å². The van der Waals surface area contributed by atoms with Gasteiger partial charge in [0.15, 0.2) is 5.96 Å². The molecule has 138 valence electrons. The van der Waals surface area contributed by atoms with Crippen LogP contribution in [0.3, 0.4) is 0 Å². The fraction of sp³-hybridized carbons (Fsp3) is 0.722. The molecule has 0 bridgehead atoms. The molecular formula is C18H33IN4S. The summed E-state index contributed by atoms with van der Waals surface area (Å²) in [5.41, 5.74) is 1.35. The molecule has 1 aromatic heterocycles. The molecule has 0 radical (unpaired) electrons. The molecule has 0 amide bonds. The van der Waals surface area contributed by atoms with Crippen LogP contribution in [0.15, 0.2) is 21.8 Å². The molecule has 0 atom stereocenters. The lowest BCUT2D eigenvalue weighted by Gasteiger charge is -2.26. The molecule has 0 spiro atoms. The van der Waals surface area contributed by atoms with Crippen molar-refractivity contribution >= 4 is 41.3 Å². The zero-order valence-electron chi connectivity index (χ0n) is 15.2. The average Bonchev–Trinajstić information content (AvgIpc) is 3.08. The van der Waals surface area contributed by atoms with Gasteiger partial charge >= 0.3 is 0 Å². The van der Waals surface area contributed by atoms with Crippen LogP contribution in [0, 0.1) is 0 Å². The molecule has 4 nitrogen and oxygen atoms in total. The predicted molar refractivity (Wildman–Crippen MR) is 117 cm³/mol. The highest BCUT2D eigenvalue weighted by Gasteiger charge is 2.09. The maximum absolute atomic E-state index is 4.39. The summed E-state index contributed by atoms with van der Waals surface area (Å²) in [6.07, 6.45) is 8.07. The highest BCUT2D eigenvalue weighted by Crippen LogP contribution is 2.10. The summed E-state index contributed by atoms with van der Waals surface area (Å²) in [6.45, 7) is 5.85. The van der Waals surface area contributed by atoms with Crippen molar-refractivity contribution in [3.05, 3.63) is 22.4 Å². The summed E-state index contributed by atoms with van der Waals surface area (Å²) >= 11 is 1.75. The normalized spacial score (nSPS) is 15.8. The van der Waals surface area contributed by atoms with Gasteiger partial charge in [-0.3, -0.25) is 4.99 Å². The molecule has 1 aliphatic rings. The average molecular weight is 464 g/mol. The van der Waals surface area contributed by atoms with Crippen LogP contribution in [0.1, 0.15) is 44.1 Å². The number of thiophene rings is 1. The van der Waals surface area contributed by atoms with Crippen molar-refractivity contribution in [2.24, 2.45) is 4.99 Å². The van der Waals surface area contributed by atoms with E-state index in [0.29, 0.717) is 0 Å². The van der Waals surface area contributed by atoms with Gasteiger partial charge in [0.05, 0.1) is 0 Å². The molecule has 1 saturated heterocycles. The maximum Gasteiger partial charge on any atom is 0.193 e. The first-order valence-corrected chi connectivity index (χ1v) is 9.89. The Kier molecular flexibility index (Phi) is 11.7. The number of hydrogen-bond acceptors (Lipinski definition) is 3. The molecule has 0 unspecified atom stereocenters. The number of aliphatic imine (C=N–C) groups is 1. The van der Waals surface area contributed by atoms with Crippen LogP contribution in [0.25, 0.3) is 0 Å². The van der Waals surface area contributed by atoms with Crippen LogP contribution in [0.2, 0.25) is 0 Å². The van der Waals surface area contributed by atoms with Crippen molar-refractivity contribution in [2.75, 3.05) is 40.3 Å². The lowest BCUT2D eigenvalue weighted by Crippen LogP contribution is -2.38. The molecular weight excluding hydrogens is 431 g/mol. The van der Waals surface area contributed by atoms with Gasteiger partial charge < -0.3 is 15.1 Å². The van der Waals surface area contributed by atoms with Crippen LogP contribution in [-0.4, -0.2) is 56.0 Å². The first kappa shape index (κ1) is 21.7. The second-order valence-electron chi connectivity index (χ2n) is 6.42. The van der Waals surface area contributed by atoms with Crippen molar-refractivity contribution in [1.82, 2.24) is 15.1 Å². The molecule has 1 fully saturated rings. The summed E-state index contributed by atoms with van der Waals surface area (Å²) in [7, 11) is 3.96. The lowest BCUT2D eigenvalue weighted by molar-refractivity contribution is 0.224. The minimum absolute atomic E-state index is 0. The van der Waals surface area contributed by atoms with Gasteiger partial charge in [-0.1, -0.05) is 12.8 Å². The summed E-state index contributed by atoms with van der Waals surface area (Å²) < 4.78 is 0. The summed E-state index contributed by atoms with van der Waals surface area (Å²) in [5, 5.41) is 7.81. The number of halogens is 1. The molecule has 2 rings (SSSR count). The van der Waals surface area contributed by atoms with Crippen molar-refractivity contribution in [3.63, 3.8) is 0 Å². The largest absolute Gasteiger partial charge is 0.356 e. The predicted octanol–water partition coefficient (Wildman–Crippen LogP) is 4.03. The van der Waals surface area contributed by atoms with Gasteiger partial charge in [0.2, 0.25) is 0 Å².